The van der Waals surface area contributed by atoms with E-state index in [0.29, 0.717) is 12.5 Å². The Hall–Kier alpha value is -0.220. The Morgan fingerprint density at radius 1 is 0.704 bits per heavy atom. The number of hydrogen-bond donors (Lipinski definition) is 0. The molecule has 0 spiro atoms. The lowest BCUT2D eigenvalue weighted by Gasteiger charge is -2.07. The van der Waals surface area contributed by atoms with Gasteiger partial charge in [0, 0.05) is 13.0 Å². The number of carbonyl (C=O) groups excluding carboxylic acids is 1. The van der Waals surface area contributed by atoms with E-state index in [4.69, 9.17) is 4.74 Å². The van der Waals surface area contributed by atoms with E-state index in [2.05, 4.69) is 30.3 Å². The number of thioether (sulfide) groups is 1. The van der Waals surface area contributed by atoms with Crippen LogP contribution in [0.2, 0.25) is 0 Å². The van der Waals surface area contributed by atoms with Crippen molar-refractivity contribution in [2.24, 2.45) is 0 Å². The van der Waals surface area contributed by atoms with Crippen LogP contribution in [0.5, 0.6) is 0 Å². The summed E-state index contributed by atoms with van der Waals surface area (Å²) in [7, 11) is 1.47. The Bertz CT molecular complexity index is 308. The molecule has 0 aromatic rings. The lowest BCUT2D eigenvalue weighted by molar-refractivity contribution is -0.140. The number of methoxy groups -OCH3 is 1. The summed E-state index contributed by atoms with van der Waals surface area (Å²) in [6, 6.07) is 0. The Labute approximate surface area is 173 Å². The third-order valence-corrected chi connectivity index (χ3v) is 5.94. The van der Waals surface area contributed by atoms with Crippen LogP contribution in [0.3, 0.4) is 0 Å². The van der Waals surface area contributed by atoms with Crippen LogP contribution < -0.4 is 0 Å². The summed E-state index contributed by atoms with van der Waals surface area (Å²) in [5.41, 5.74) is 0. The number of rotatable bonds is 21. The average molecular weight is 403 g/mol. The molecule has 0 atom stereocenters. The molecule has 0 radical (unpaired) electrons. The smallest absolute Gasteiger partial charge is 0.305 e. The van der Waals surface area contributed by atoms with Crippen LogP contribution in [-0.2, 0) is 14.3 Å². The Kier molecular flexibility index (Phi) is 21.9. The third kappa shape index (κ3) is 23.7. The van der Waals surface area contributed by atoms with Crippen molar-refractivity contribution < 1.29 is 14.3 Å². The van der Waals surface area contributed by atoms with E-state index in [1.165, 1.54) is 102 Å². The highest BCUT2D eigenvalue weighted by Crippen LogP contribution is 2.14. The summed E-state index contributed by atoms with van der Waals surface area (Å²) in [6.07, 6.45) is 19.5. The minimum Gasteiger partial charge on any atom is -0.469 e. The average Bonchev–Trinajstić information content (AvgIpc) is 2.65. The van der Waals surface area contributed by atoms with Crippen molar-refractivity contribution in [3.8, 4) is 0 Å². The van der Waals surface area contributed by atoms with Gasteiger partial charge in [0.25, 0.3) is 0 Å². The highest BCUT2D eigenvalue weighted by molar-refractivity contribution is 7.99. The van der Waals surface area contributed by atoms with Gasteiger partial charge in [0.05, 0.1) is 13.2 Å². The minimum absolute atomic E-state index is 0.0686. The molecule has 0 aliphatic rings. The van der Waals surface area contributed by atoms with Crippen LogP contribution in [0.4, 0.5) is 0 Å². The molecule has 4 heteroatoms. The number of carbonyl (C=O) groups is 1. The molecule has 0 aromatic heterocycles. The van der Waals surface area contributed by atoms with Gasteiger partial charge in [0.15, 0.2) is 0 Å². The summed E-state index contributed by atoms with van der Waals surface area (Å²) < 4.78 is 10.2. The molecule has 3 nitrogen and oxygen atoms in total. The Balaban J connectivity index is 3.02. The molecule has 0 aliphatic heterocycles. The molecule has 0 saturated carbocycles. The fourth-order valence-corrected chi connectivity index (χ4v) is 4.04. The zero-order valence-electron chi connectivity index (χ0n) is 18.4. The molecule has 0 saturated heterocycles. The van der Waals surface area contributed by atoms with Crippen molar-refractivity contribution in [1.29, 1.82) is 0 Å². The van der Waals surface area contributed by atoms with Crippen molar-refractivity contribution in [3.05, 3.63) is 0 Å². The maximum Gasteiger partial charge on any atom is 0.305 e. The minimum atomic E-state index is -0.0686. The molecule has 0 fully saturated rings. The van der Waals surface area contributed by atoms with E-state index in [0.717, 1.165) is 13.0 Å². The highest BCUT2D eigenvalue weighted by atomic mass is 32.2. The van der Waals surface area contributed by atoms with E-state index in [1.54, 1.807) is 0 Å². The van der Waals surface area contributed by atoms with Crippen LogP contribution >= 0.6 is 11.8 Å². The standard InChI is InChI=1S/C23H46O3S/c1-22(2)26-19-17-21-27-20-16-14-12-10-8-6-4-5-7-9-11-13-15-18-23(24)25-3/h22H,4-21H2,1-3H3. The number of unbranched alkanes of at least 4 members (excludes halogenated alkanes) is 12. The van der Waals surface area contributed by atoms with Crippen molar-refractivity contribution in [3.63, 3.8) is 0 Å². The second-order valence-corrected chi connectivity index (χ2v) is 9.03. The molecular formula is C23H46O3S. The quantitative estimate of drug-likeness (QED) is 0.151. The topological polar surface area (TPSA) is 35.5 Å². The van der Waals surface area contributed by atoms with Gasteiger partial charge in [-0.2, -0.15) is 11.8 Å². The fourth-order valence-electron chi connectivity index (χ4n) is 3.10. The van der Waals surface area contributed by atoms with Gasteiger partial charge in [-0.05, 0) is 44.6 Å². The molecule has 0 amide bonds. The zero-order chi connectivity index (χ0) is 20.0. The Morgan fingerprint density at radius 2 is 1.15 bits per heavy atom. The van der Waals surface area contributed by atoms with Crippen molar-refractivity contribution >= 4 is 17.7 Å². The SMILES string of the molecule is COC(=O)CCCCCCCCCCCCCCCSCCCOC(C)C. The van der Waals surface area contributed by atoms with Gasteiger partial charge in [-0.1, -0.05) is 70.6 Å². The zero-order valence-corrected chi connectivity index (χ0v) is 19.3. The van der Waals surface area contributed by atoms with Gasteiger partial charge in [-0.15, -0.1) is 0 Å². The van der Waals surface area contributed by atoms with Crippen molar-refractivity contribution in [2.45, 2.75) is 116 Å². The third-order valence-electron chi connectivity index (χ3n) is 4.78. The van der Waals surface area contributed by atoms with Crippen LogP contribution in [0.25, 0.3) is 0 Å². The van der Waals surface area contributed by atoms with Gasteiger partial charge in [0.2, 0.25) is 0 Å². The molecule has 0 N–H and O–H groups in total. The molecule has 162 valence electrons. The molecule has 0 heterocycles. The summed E-state index contributed by atoms with van der Waals surface area (Å²) in [5, 5.41) is 0. The van der Waals surface area contributed by atoms with Gasteiger partial charge in [-0.3, -0.25) is 4.79 Å². The lowest BCUT2D eigenvalue weighted by Crippen LogP contribution is -2.04. The largest absolute Gasteiger partial charge is 0.469 e. The lowest BCUT2D eigenvalue weighted by atomic mass is 10.0. The van der Waals surface area contributed by atoms with Crippen molar-refractivity contribution in [2.75, 3.05) is 25.2 Å². The van der Waals surface area contributed by atoms with E-state index in [1.807, 2.05) is 0 Å². The van der Waals surface area contributed by atoms with Crippen LogP contribution in [0, 0.1) is 0 Å². The van der Waals surface area contributed by atoms with E-state index < -0.39 is 0 Å². The fraction of sp³-hybridized carbons (Fsp3) is 0.957. The summed E-state index contributed by atoms with van der Waals surface area (Å²) in [5.74, 6) is 2.50. The molecule has 0 aromatic carbocycles. The number of ether oxygens (including phenoxy) is 2. The number of hydrogen-bond acceptors (Lipinski definition) is 4. The number of esters is 1. The predicted octanol–water partition coefficient (Wildman–Crippen LogP) is 7.17. The van der Waals surface area contributed by atoms with Gasteiger partial charge in [-0.25, -0.2) is 0 Å². The van der Waals surface area contributed by atoms with Crippen molar-refractivity contribution in [1.82, 2.24) is 0 Å². The summed E-state index contributed by atoms with van der Waals surface area (Å²) in [4.78, 5) is 11.0. The normalized spacial score (nSPS) is 11.3. The maximum absolute atomic E-state index is 11.0. The summed E-state index contributed by atoms with van der Waals surface area (Å²) in [6.45, 7) is 5.12. The first kappa shape index (κ1) is 26.8. The molecule has 0 bridgehead atoms. The first-order valence-corrected chi connectivity index (χ1v) is 12.6. The molecular weight excluding hydrogens is 356 g/mol. The molecule has 27 heavy (non-hydrogen) atoms. The highest BCUT2D eigenvalue weighted by Gasteiger charge is 1.99. The second-order valence-electron chi connectivity index (χ2n) is 7.81. The first-order valence-electron chi connectivity index (χ1n) is 11.4. The molecule has 0 aliphatic carbocycles. The molecule has 0 rings (SSSR count). The van der Waals surface area contributed by atoms with E-state index >= 15 is 0 Å². The van der Waals surface area contributed by atoms with Crippen LogP contribution in [-0.4, -0.2) is 37.3 Å². The van der Waals surface area contributed by atoms with Gasteiger partial charge < -0.3 is 9.47 Å². The van der Waals surface area contributed by atoms with E-state index in [-0.39, 0.29) is 5.97 Å². The maximum atomic E-state index is 11.0. The second kappa shape index (κ2) is 22.1. The first-order chi connectivity index (χ1) is 13.2. The molecule has 0 unspecified atom stereocenters. The monoisotopic (exact) mass is 402 g/mol. The van der Waals surface area contributed by atoms with Crippen LogP contribution in [0.1, 0.15) is 110 Å². The van der Waals surface area contributed by atoms with E-state index in [9.17, 15) is 4.79 Å². The van der Waals surface area contributed by atoms with Crippen LogP contribution in [0.15, 0.2) is 0 Å². The Morgan fingerprint density at radius 3 is 1.63 bits per heavy atom. The van der Waals surface area contributed by atoms with Gasteiger partial charge in [0.1, 0.15) is 0 Å². The van der Waals surface area contributed by atoms with Gasteiger partial charge >= 0.3 is 5.97 Å². The summed E-state index contributed by atoms with van der Waals surface area (Å²) >= 11 is 2.09. The predicted molar refractivity (Wildman–Crippen MR) is 120 cm³/mol.